The van der Waals surface area contributed by atoms with Gasteiger partial charge in [0.15, 0.2) is 11.5 Å². The summed E-state index contributed by atoms with van der Waals surface area (Å²) < 4.78 is 13.9. The molecule has 1 aromatic carbocycles. The number of hydrogen-bond donors (Lipinski definition) is 3. The van der Waals surface area contributed by atoms with Gasteiger partial charge in [-0.15, -0.1) is 0 Å². The minimum Gasteiger partial charge on any atom is -0.486 e. The summed E-state index contributed by atoms with van der Waals surface area (Å²) in [5.74, 6) is 1.44. The predicted octanol–water partition coefficient (Wildman–Crippen LogP) is 0.843. The molecule has 0 saturated heterocycles. The minimum absolute atomic E-state index is 0.0122. The highest BCUT2D eigenvalue weighted by molar-refractivity contribution is 7.78. The molecule has 0 radical (unpaired) electrons. The molecular formula is C9H12N2O2S. The molecule has 0 saturated carbocycles. The Morgan fingerprint density at radius 1 is 1.50 bits per heavy atom. The van der Waals surface area contributed by atoms with Crippen LogP contribution in [0.25, 0.3) is 0 Å². The summed E-state index contributed by atoms with van der Waals surface area (Å²) in [7, 11) is 0. The fourth-order valence-corrected chi connectivity index (χ4v) is 1.54. The van der Waals surface area contributed by atoms with Crippen molar-refractivity contribution < 1.29 is 9.47 Å². The predicted molar refractivity (Wildman–Crippen MR) is 57.8 cm³/mol. The van der Waals surface area contributed by atoms with Gasteiger partial charge in [-0.25, -0.2) is 0 Å². The second-order valence-corrected chi connectivity index (χ2v) is 3.44. The van der Waals surface area contributed by atoms with Crippen molar-refractivity contribution in [1.82, 2.24) is 4.72 Å². The monoisotopic (exact) mass is 212 g/mol. The topological polar surface area (TPSA) is 56.5 Å². The lowest BCUT2D eigenvalue weighted by molar-refractivity contribution is 0.0950. The number of nitrogens with two attached hydrogens (primary N) is 1. The van der Waals surface area contributed by atoms with Crippen LogP contribution in [-0.4, -0.2) is 19.3 Å². The minimum atomic E-state index is -0.0122. The van der Waals surface area contributed by atoms with Crippen LogP contribution in [0.4, 0.5) is 5.69 Å². The maximum absolute atomic E-state index is 5.64. The number of benzene rings is 1. The van der Waals surface area contributed by atoms with E-state index in [1.54, 1.807) is 12.1 Å². The van der Waals surface area contributed by atoms with E-state index in [4.69, 9.17) is 15.2 Å². The lowest BCUT2D eigenvalue weighted by Gasteiger charge is -2.26. The van der Waals surface area contributed by atoms with E-state index in [2.05, 4.69) is 17.5 Å². The maximum atomic E-state index is 5.64. The highest BCUT2D eigenvalue weighted by atomic mass is 32.1. The molecule has 0 spiro atoms. The third-order valence-corrected chi connectivity index (χ3v) is 2.19. The molecule has 1 aliphatic rings. The average Bonchev–Trinajstić information content (AvgIpc) is 2.17. The van der Waals surface area contributed by atoms with E-state index in [0.717, 1.165) is 5.75 Å². The molecule has 0 aromatic heterocycles. The van der Waals surface area contributed by atoms with Gasteiger partial charge in [0, 0.05) is 18.3 Å². The van der Waals surface area contributed by atoms with Gasteiger partial charge >= 0.3 is 0 Å². The molecule has 76 valence electrons. The molecule has 1 atom stereocenters. The number of ether oxygens (including phenoxy) is 2. The number of nitrogen functional groups attached to an aromatic ring is 1. The van der Waals surface area contributed by atoms with Crippen LogP contribution in [0.1, 0.15) is 0 Å². The van der Waals surface area contributed by atoms with Gasteiger partial charge in [-0.2, -0.15) is 0 Å². The zero-order valence-corrected chi connectivity index (χ0v) is 8.46. The SMILES string of the molecule is Nc1ccc2c(c1)O[C@@H](CNS)CO2. The first-order chi connectivity index (χ1) is 6.79. The largest absolute Gasteiger partial charge is 0.486 e. The van der Waals surface area contributed by atoms with E-state index in [-0.39, 0.29) is 6.10 Å². The Hall–Kier alpha value is -1.07. The smallest absolute Gasteiger partial charge is 0.163 e. The molecule has 0 unspecified atom stereocenters. The average molecular weight is 212 g/mol. The van der Waals surface area contributed by atoms with Gasteiger partial charge in [0.2, 0.25) is 0 Å². The van der Waals surface area contributed by atoms with Crippen LogP contribution in [-0.2, 0) is 0 Å². The summed E-state index contributed by atoms with van der Waals surface area (Å²) in [4.78, 5) is 0. The van der Waals surface area contributed by atoms with E-state index in [9.17, 15) is 0 Å². The van der Waals surface area contributed by atoms with Gasteiger partial charge in [0.1, 0.15) is 12.7 Å². The van der Waals surface area contributed by atoms with Crippen molar-refractivity contribution in [1.29, 1.82) is 0 Å². The fourth-order valence-electron chi connectivity index (χ4n) is 1.33. The first-order valence-corrected chi connectivity index (χ1v) is 4.80. The normalized spacial score (nSPS) is 19.4. The summed E-state index contributed by atoms with van der Waals surface area (Å²) in [6, 6.07) is 5.37. The van der Waals surface area contributed by atoms with E-state index in [1.807, 2.05) is 6.07 Å². The molecule has 14 heavy (non-hydrogen) atoms. The van der Waals surface area contributed by atoms with E-state index in [0.29, 0.717) is 24.6 Å². The third-order valence-electron chi connectivity index (χ3n) is 2.01. The van der Waals surface area contributed by atoms with Crippen LogP contribution in [0.2, 0.25) is 0 Å². The lowest BCUT2D eigenvalue weighted by Crippen LogP contribution is -2.35. The molecule has 1 aliphatic heterocycles. The van der Waals surface area contributed by atoms with Crippen molar-refractivity contribution in [3.05, 3.63) is 18.2 Å². The summed E-state index contributed by atoms with van der Waals surface area (Å²) in [6.45, 7) is 1.17. The zero-order valence-electron chi connectivity index (χ0n) is 7.56. The lowest BCUT2D eigenvalue weighted by atomic mass is 10.2. The molecule has 3 N–H and O–H groups in total. The van der Waals surface area contributed by atoms with Crippen LogP contribution in [0.15, 0.2) is 18.2 Å². The van der Waals surface area contributed by atoms with Gasteiger partial charge in [0.05, 0.1) is 0 Å². The Labute approximate surface area is 87.9 Å². The Morgan fingerprint density at radius 3 is 3.14 bits per heavy atom. The summed E-state index contributed by atoms with van der Waals surface area (Å²) in [5.41, 5.74) is 6.31. The highest BCUT2D eigenvalue weighted by Gasteiger charge is 2.20. The summed E-state index contributed by atoms with van der Waals surface area (Å²) in [6.07, 6.45) is -0.0122. The molecule has 1 heterocycles. The van der Waals surface area contributed by atoms with Gasteiger partial charge in [-0.05, 0) is 12.1 Å². The number of anilines is 1. The first kappa shape index (κ1) is 9.48. The first-order valence-electron chi connectivity index (χ1n) is 4.35. The summed E-state index contributed by atoms with van der Waals surface area (Å²) in [5, 5.41) is 0. The molecule has 4 nitrogen and oxygen atoms in total. The number of fused-ring (bicyclic) bond motifs is 1. The number of hydrogen-bond acceptors (Lipinski definition) is 5. The van der Waals surface area contributed by atoms with Crippen LogP contribution in [0.5, 0.6) is 11.5 Å². The van der Waals surface area contributed by atoms with Crippen molar-refractivity contribution in [3.8, 4) is 11.5 Å². The van der Waals surface area contributed by atoms with Gasteiger partial charge in [0.25, 0.3) is 0 Å². The second kappa shape index (κ2) is 3.98. The zero-order chi connectivity index (χ0) is 9.97. The van der Waals surface area contributed by atoms with Gasteiger partial charge in [-0.3, -0.25) is 4.72 Å². The quantitative estimate of drug-likeness (QED) is 0.502. The molecule has 0 bridgehead atoms. The van der Waals surface area contributed by atoms with Crippen LogP contribution >= 0.6 is 12.8 Å². The fraction of sp³-hybridized carbons (Fsp3) is 0.333. The molecule has 1 aromatic rings. The number of nitrogens with one attached hydrogen (secondary N) is 1. The molecular weight excluding hydrogens is 200 g/mol. The Bertz CT molecular complexity index is 333. The van der Waals surface area contributed by atoms with E-state index < -0.39 is 0 Å². The standard InChI is InChI=1S/C9H12N2O2S/c10-6-1-2-8-9(3-6)13-7(4-11-14)5-12-8/h1-3,7,11,14H,4-5,10H2/t7-/m0/s1. The van der Waals surface area contributed by atoms with E-state index >= 15 is 0 Å². The van der Waals surface area contributed by atoms with Crippen LogP contribution in [0, 0.1) is 0 Å². The second-order valence-electron chi connectivity index (χ2n) is 3.12. The molecule has 0 fully saturated rings. The Kier molecular flexibility index (Phi) is 2.69. The Morgan fingerprint density at radius 2 is 2.36 bits per heavy atom. The van der Waals surface area contributed by atoms with E-state index in [1.165, 1.54) is 0 Å². The maximum Gasteiger partial charge on any atom is 0.163 e. The molecule has 2 rings (SSSR count). The van der Waals surface area contributed by atoms with Crippen molar-refractivity contribution in [3.63, 3.8) is 0 Å². The third kappa shape index (κ3) is 1.88. The van der Waals surface area contributed by atoms with Gasteiger partial charge in [-0.1, -0.05) is 12.8 Å². The molecule has 5 heteroatoms. The van der Waals surface area contributed by atoms with Crippen molar-refractivity contribution in [2.75, 3.05) is 18.9 Å². The van der Waals surface area contributed by atoms with Crippen LogP contribution < -0.4 is 19.9 Å². The van der Waals surface area contributed by atoms with Crippen molar-refractivity contribution in [2.24, 2.45) is 0 Å². The van der Waals surface area contributed by atoms with Gasteiger partial charge < -0.3 is 15.2 Å². The molecule has 0 aliphatic carbocycles. The van der Waals surface area contributed by atoms with Crippen molar-refractivity contribution in [2.45, 2.75) is 6.10 Å². The number of rotatable bonds is 2. The molecule has 0 amide bonds. The highest BCUT2D eigenvalue weighted by Crippen LogP contribution is 2.33. The summed E-state index contributed by atoms with van der Waals surface area (Å²) >= 11 is 3.91. The van der Waals surface area contributed by atoms with Crippen LogP contribution in [0.3, 0.4) is 0 Å². The Balaban J connectivity index is 2.16. The van der Waals surface area contributed by atoms with Crippen molar-refractivity contribution >= 4 is 18.5 Å². The number of thiol groups is 1.